The van der Waals surface area contributed by atoms with E-state index in [1.165, 1.54) is 0 Å². The van der Waals surface area contributed by atoms with Crippen molar-refractivity contribution in [3.63, 3.8) is 0 Å². The molecule has 0 aromatic heterocycles. The Kier molecular flexibility index (Phi) is 6.41. The smallest absolute Gasteiger partial charge is 0.0766 e. The summed E-state index contributed by atoms with van der Waals surface area (Å²) in [5.74, 6) is 0. The summed E-state index contributed by atoms with van der Waals surface area (Å²) in [7, 11) is 1.73. The lowest BCUT2D eigenvalue weighted by Gasteiger charge is -2.27. The van der Waals surface area contributed by atoms with Crippen molar-refractivity contribution in [1.82, 2.24) is 5.32 Å². The van der Waals surface area contributed by atoms with Gasteiger partial charge >= 0.3 is 0 Å². The molecule has 0 saturated carbocycles. The van der Waals surface area contributed by atoms with Crippen LogP contribution in [0.4, 0.5) is 0 Å². The van der Waals surface area contributed by atoms with Gasteiger partial charge in [0.05, 0.1) is 11.2 Å². The molecule has 0 aliphatic carbocycles. The number of aliphatic hydroxyl groups is 1. The average molecular weight is 217 g/mol. The monoisotopic (exact) mass is 217 g/mol. The predicted molar refractivity (Wildman–Crippen MR) is 64.1 cm³/mol. The maximum atomic E-state index is 10.0. The summed E-state index contributed by atoms with van der Waals surface area (Å²) < 4.78 is 5.32. The van der Waals surface area contributed by atoms with Gasteiger partial charge in [0.1, 0.15) is 0 Å². The third kappa shape index (κ3) is 6.13. The van der Waals surface area contributed by atoms with Crippen molar-refractivity contribution < 1.29 is 9.84 Å². The quantitative estimate of drug-likeness (QED) is 0.611. The third-order valence-electron chi connectivity index (χ3n) is 3.23. The van der Waals surface area contributed by atoms with E-state index in [1.807, 2.05) is 13.8 Å². The largest absolute Gasteiger partial charge is 0.389 e. The molecule has 0 fully saturated rings. The molecule has 0 amide bonds. The Morgan fingerprint density at radius 1 is 1.20 bits per heavy atom. The van der Waals surface area contributed by atoms with Crippen molar-refractivity contribution in [2.45, 2.75) is 58.2 Å². The number of nitrogens with one attached hydrogen (secondary N) is 1. The van der Waals surface area contributed by atoms with Gasteiger partial charge in [0.25, 0.3) is 0 Å². The number of ether oxygens (including phenoxy) is 1. The first-order chi connectivity index (χ1) is 6.89. The zero-order valence-electron chi connectivity index (χ0n) is 10.9. The molecule has 0 radical (unpaired) electrons. The van der Waals surface area contributed by atoms with E-state index >= 15 is 0 Å². The van der Waals surface area contributed by atoms with Crippen LogP contribution in [-0.2, 0) is 4.74 Å². The summed E-state index contributed by atoms with van der Waals surface area (Å²) in [6.07, 6.45) is 2.54. The van der Waals surface area contributed by atoms with Crippen LogP contribution < -0.4 is 5.32 Å². The van der Waals surface area contributed by atoms with Gasteiger partial charge in [0.2, 0.25) is 0 Å². The van der Waals surface area contributed by atoms with Gasteiger partial charge in [-0.1, -0.05) is 13.8 Å². The van der Waals surface area contributed by atoms with Gasteiger partial charge in [-0.2, -0.15) is 0 Å². The Labute approximate surface area is 94.2 Å². The molecule has 92 valence electrons. The minimum absolute atomic E-state index is 0.0798. The van der Waals surface area contributed by atoms with E-state index in [2.05, 4.69) is 19.2 Å². The number of hydrogen-bond acceptors (Lipinski definition) is 3. The second kappa shape index (κ2) is 6.46. The standard InChI is InChI=1S/C12H27NO2/c1-6-12(14,7-2)10-13-9-8-11(3,4)15-5/h13-14H,6-10H2,1-5H3. The highest BCUT2D eigenvalue weighted by Crippen LogP contribution is 2.14. The first kappa shape index (κ1) is 14.9. The molecule has 0 bridgehead atoms. The highest BCUT2D eigenvalue weighted by Gasteiger charge is 2.22. The van der Waals surface area contributed by atoms with Crippen LogP contribution in [0.3, 0.4) is 0 Å². The highest BCUT2D eigenvalue weighted by molar-refractivity contribution is 4.78. The van der Waals surface area contributed by atoms with Crippen LogP contribution in [-0.4, -0.2) is 36.5 Å². The average Bonchev–Trinajstić information content (AvgIpc) is 2.24. The van der Waals surface area contributed by atoms with Crippen molar-refractivity contribution >= 4 is 0 Å². The van der Waals surface area contributed by atoms with E-state index in [4.69, 9.17) is 4.74 Å². The van der Waals surface area contributed by atoms with E-state index in [1.54, 1.807) is 7.11 Å². The summed E-state index contributed by atoms with van der Waals surface area (Å²) in [6, 6.07) is 0. The Bertz CT molecular complexity index is 165. The number of rotatable bonds is 8. The van der Waals surface area contributed by atoms with Crippen molar-refractivity contribution in [3.8, 4) is 0 Å². The SMILES string of the molecule is CCC(O)(CC)CNCCC(C)(C)OC. The first-order valence-corrected chi connectivity index (χ1v) is 5.87. The number of hydrogen-bond donors (Lipinski definition) is 2. The summed E-state index contributed by atoms with van der Waals surface area (Å²) in [4.78, 5) is 0. The van der Waals surface area contributed by atoms with E-state index < -0.39 is 5.60 Å². The van der Waals surface area contributed by atoms with Crippen LogP contribution in [0.1, 0.15) is 47.0 Å². The zero-order valence-corrected chi connectivity index (χ0v) is 10.9. The lowest BCUT2D eigenvalue weighted by atomic mass is 9.97. The third-order valence-corrected chi connectivity index (χ3v) is 3.23. The van der Waals surface area contributed by atoms with Gasteiger partial charge in [-0.05, 0) is 39.7 Å². The van der Waals surface area contributed by atoms with E-state index in [9.17, 15) is 5.11 Å². The Hall–Kier alpha value is -0.120. The fourth-order valence-corrected chi connectivity index (χ4v) is 1.31. The topological polar surface area (TPSA) is 41.5 Å². The second-order valence-corrected chi connectivity index (χ2v) is 4.82. The zero-order chi connectivity index (χ0) is 11.9. The lowest BCUT2D eigenvalue weighted by Crippen LogP contribution is -2.41. The summed E-state index contributed by atoms with van der Waals surface area (Å²) in [5, 5.41) is 13.3. The van der Waals surface area contributed by atoms with Gasteiger partial charge in [-0.25, -0.2) is 0 Å². The minimum Gasteiger partial charge on any atom is -0.389 e. The van der Waals surface area contributed by atoms with E-state index in [-0.39, 0.29) is 5.60 Å². The minimum atomic E-state index is -0.544. The molecule has 2 N–H and O–H groups in total. The van der Waals surface area contributed by atoms with Gasteiger partial charge in [-0.15, -0.1) is 0 Å². The molecular weight excluding hydrogens is 190 g/mol. The molecule has 3 nitrogen and oxygen atoms in total. The van der Waals surface area contributed by atoms with Gasteiger partial charge in [0.15, 0.2) is 0 Å². The first-order valence-electron chi connectivity index (χ1n) is 5.87. The van der Waals surface area contributed by atoms with Gasteiger partial charge in [-0.3, -0.25) is 0 Å². The number of methoxy groups -OCH3 is 1. The molecule has 3 heteroatoms. The maximum absolute atomic E-state index is 10.0. The molecule has 0 atom stereocenters. The van der Waals surface area contributed by atoms with Crippen LogP contribution in [0.2, 0.25) is 0 Å². The van der Waals surface area contributed by atoms with Crippen LogP contribution >= 0.6 is 0 Å². The van der Waals surface area contributed by atoms with Crippen LogP contribution in [0.5, 0.6) is 0 Å². The van der Waals surface area contributed by atoms with Crippen LogP contribution in [0.15, 0.2) is 0 Å². The molecule has 0 unspecified atom stereocenters. The molecule has 0 aromatic carbocycles. The van der Waals surface area contributed by atoms with Crippen molar-refractivity contribution in [2.75, 3.05) is 20.2 Å². The molecule has 0 spiro atoms. The molecule has 0 aliphatic rings. The van der Waals surface area contributed by atoms with Crippen LogP contribution in [0, 0.1) is 0 Å². The fourth-order valence-electron chi connectivity index (χ4n) is 1.31. The molecule has 0 aromatic rings. The summed E-state index contributed by atoms with van der Waals surface area (Å²) >= 11 is 0. The lowest BCUT2D eigenvalue weighted by molar-refractivity contribution is 0.00937. The van der Waals surface area contributed by atoms with Gasteiger partial charge < -0.3 is 15.2 Å². The van der Waals surface area contributed by atoms with Crippen molar-refractivity contribution in [1.29, 1.82) is 0 Å². The molecule has 0 heterocycles. The van der Waals surface area contributed by atoms with Gasteiger partial charge in [0, 0.05) is 13.7 Å². The normalized spacial score (nSPS) is 13.2. The molecule has 0 rings (SSSR count). The van der Waals surface area contributed by atoms with Crippen LogP contribution in [0.25, 0.3) is 0 Å². The molecular formula is C12H27NO2. The summed E-state index contributed by atoms with van der Waals surface area (Å²) in [5.41, 5.74) is -0.624. The Morgan fingerprint density at radius 3 is 2.13 bits per heavy atom. The van der Waals surface area contributed by atoms with E-state index in [0.717, 1.165) is 25.8 Å². The predicted octanol–water partition coefficient (Wildman–Crippen LogP) is 1.94. The molecule has 0 aliphatic heterocycles. The highest BCUT2D eigenvalue weighted by atomic mass is 16.5. The molecule has 15 heavy (non-hydrogen) atoms. The van der Waals surface area contributed by atoms with E-state index in [0.29, 0.717) is 6.54 Å². The Balaban J connectivity index is 3.71. The Morgan fingerprint density at radius 2 is 1.73 bits per heavy atom. The summed E-state index contributed by atoms with van der Waals surface area (Å²) in [6.45, 7) is 9.72. The maximum Gasteiger partial charge on any atom is 0.0766 e. The molecule has 0 saturated heterocycles. The van der Waals surface area contributed by atoms with Crippen molar-refractivity contribution in [2.24, 2.45) is 0 Å². The van der Waals surface area contributed by atoms with Crippen molar-refractivity contribution in [3.05, 3.63) is 0 Å². The fraction of sp³-hybridized carbons (Fsp3) is 1.00. The second-order valence-electron chi connectivity index (χ2n) is 4.82.